The van der Waals surface area contributed by atoms with Gasteiger partial charge in [-0.25, -0.2) is 0 Å². The molecule has 0 radical (unpaired) electrons. The lowest BCUT2D eigenvalue weighted by Crippen LogP contribution is -2.17. The lowest BCUT2D eigenvalue weighted by atomic mass is 10.1. The fourth-order valence-electron chi connectivity index (χ4n) is 1.31. The number of aliphatic hydroxyl groups is 1. The summed E-state index contributed by atoms with van der Waals surface area (Å²) in [5.74, 6) is 0. The van der Waals surface area contributed by atoms with E-state index in [0.717, 1.165) is 6.54 Å². The van der Waals surface area contributed by atoms with Crippen LogP contribution >= 0.6 is 0 Å². The third-order valence-electron chi connectivity index (χ3n) is 1.92. The Morgan fingerprint density at radius 2 is 2.14 bits per heavy atom. The Morgan fingerprint density at radius 1 is 1.36 bits per heavy atom. The van der Waals surface area contributed by atoms with Gasteiger partial charge in [-0.1, -0.05) is 24.3 Å². The summed E-state index contributed by atoms with van der Waals surface area (Å²) in [6.07, 6.45) is 0. The van der Waals surface area contributed by atoms with Gasteiger partial charge in [-0.05, 0) is 11.1 Å². The van der Waals surface area contributed by atoms with Crippen molar-refractivity contribution >= 4 is 0 Å². The third kappa shape index (κ3) is 3.87. The molecule has 0 aromatic heterocycles. The minimum atomic E-state index is 0.178. The van der Waals surface area contributed by atoms with E-state index in [9.17, 15) is 0 Å². The molecular weight excluding hydrogens is 178 g/mol. The van der Waals surface area contributed by atoms with Gasteiger partial charge >= 0.3 is 0 Å². The molecule has 3 heteroatoms. The maximum atomic E-state index is 8.60. The first-order valence-corrected chi connectivity index (χ1v) is 4.75. The van der Waals surface area contributed by atoms with E-state index >= 15 is 0 Å². The number of ether oxygens (including phenoxy) is 1. The maximum absolute atomic E-state index is 8.60. The summed E-state index contributed by atoms with van der Waals surface area (Å²) < 4.78 is 5.05. The molecule has 0 aliphatic rings. The summed E-state index contributed by atoms with van der Waals surface area (Å²) in [5.41, 5.74) is 2.39. The fourth-order valence-corrected chi connectivity index (χ4v) is 1.31. The Hall–Kier alpha value is -0.900. The van der Waals surface area contributed by atoms with Crippen LogP contribution in [0.1, 0.15) is 11.1 Å². The van der Waals surface area contributed by atoms with E-state index in [1.807, 2.05) is 12.1 Å². The first-order chi connectivity index (χ1) is 6.86. The highest BCUT2D eigenvalue weighted by Gasteiger charge is 1.95. The van der Waals surface area contributed by atoms with E-state index < -0.39 is 0 Å². The summed E-state index contributed by atoms with van der Waals surface area (Å²) in [6.45, 7) is 2.25. The molecule has 14 heavy (non-hydrogen) atoms. The molecule has 0 amide bonds. The van der Waals surface area contributed by atoms with Gasteiger partial charge < -0.3 is 15.2 Å². The van der Waals surface area contributed by atoms with Crippen LogP contribution in [-0.4, -0.2) is 25.4 Å². The summed E-state index contributed by atoms with van der Waals surface area (Å²) in [6, 6.07) is 8.22. The van der Waals surface area contributed by atoms with Crippen LogP contribution in [0.4, 0.5) is 0 Å². The molecule has 0 aliphatic heterocycles. The Bertz CT molecular complexity index is 263. The molecule has 0 aliphatic carbocycles. The van der Waals surface area contributed by atoms with Crippen molar-refractivity contribution in [2.24, 2.45) is 0 Å². The predicted molar refractivity (Wildman–Crippen MR) is 55.9 cm³/mol. The van der Waals surface area contributed by atoms with Gasteiger partial charge in [0.05, 0.1) is 13.2 Å². The zero-order valence-electron chi connectivity index (χ0n) is 8.49. The summed E-state index contributed by atoms with van der Waals surface area (Å²) in [7, 11) is 1.69. The van der Waals surface area contributed by atoms with Gasteiger partial charge in [0.25, 0.3) is 0 Å². The average Bonchev–Trinajstić information content (AvgIpc) is 2.19. The van der Waals surface area contributed by atoms with E-state index in [-0.39, 0.29) is 6.61 Å². The molecule has 1 rings (SSSR count). The maximum Gasteiger partial charge on any atom is 0.0713 e. The molecule has 0 bridgehead atoms. The number of benzene rings is 1. The molecule has 78 valence electrons. The van der Waals surface area contributed by atoms with Gasteiger partial charge in [0.2, 0.25) is 0 Å². The van der Waals surface area contributed by atoms with E-state index in [2.05, 4.69) is 17.4 Å². The second kappa shape index (κ2) is 6.54. The lowest BCUT2D eigenvalue weighted by molar-refractivity contribution is 0.185. The van der Waals surface area contributed by atoms with Crippen LogP contribution in [0, 0.1) is 0 Å². The molecule has 0 fully saturated rings. The smallest absolute Gasteiger partial charge is 0.0713 e. The van der Waals surface area contributed by atoms with Crippen molar-refractivity contribution in [3.8, 4) is 0 Å². The lowest BCUT2D eigenvalue weighted by Gasteiger charge is -2.05. The van der Waals surface area contributed by atoms with Crippen LogP contribution in [-0.2, 0) is 17.9 Å². The topological polar surface area (TPSA) is 41.5 Å². The van der Waals surface area contributed by atoms with Crippen molar-refractivity contribution in [2.75, 3.05) is 20.3 Å². The Balaban J connectivity index is 2.46. The largest absolute Gasteiger partial charge is 0.395 e. The molecule has 2 N–H and O–H groups in total. The van der Waals surface area contributed by atoms with Crippen molar-refractivity contribution < 1.29 is 9.84 Å². The van der Waals surface area contributed by atoms with Crippen LogP contribution in [0.15, 0.2) is 24.3 Å². The van der Waals surface area contributed by atoms with Gasteiger partial charge in [0.15, 0.2) is 0 Å². The number of hydrogen-bond acceptors (Lipinski definition) is 3. The SMILES string of the molecule is COCc1cccc(CNCCO)c1. The van der Waals surface area contributed by atoms with Gasteiger partial charge in [-0.3, -0.25) is 0 Å². The minimum absolute atomic E-state index is 0.178. The van der Waals surface area contributed by atoms with Gasteiger partial charge in [0.1, 0.15) is 0 Å². The molecule has 0 heterocycles. The quantitative estimate of drug-likeness (QED) is 0.663. The molecule has 0 atom stereocenters. The van der Waals surface area contributed by atoms with Crippen molar-refractivity contribution in [1.82, 2.24) is 5.32 Å². The molecule has 3 nitrogen and oxygen atoms in total. The second-order valence-corrected chi connectivity index (χ2v) is 3.15. The van der Waals surface area contributed by atoms with Gasteiger partial charge in [0, 0.05) is 20.2 Å². The number of nitrogens with one attached hydrogen (secondary N) is 1. The standard InChI is InChI=1S/C11H17NO2/c1-14-9-11-4-2-3-10(7-11)8-12-5-6-13/h2-4,7,12-13H,5-6,8-9H2,1H3. The Morgan fingerprint density at radius 3 is 2.86 bits per heavy atom. The molecule has 0 spiro atoms. The van der Waals surface area contributed by atoms with Crippen LogP contribution in [0.3, 0.4) is 0 Å². The number of rotatable bonds is 6. The summed E-state index contributed by atoms with van der Waals surface area (Å²) in [4.78, 5) is 0. The predicted octanol–water partition coefficient (Wildman–Crippen LogP) is 0.915. The van der Waals surface area contributed by atoms with E-state index in [1.165, 1.54) is 11.1 Å². The third-order valence-corrected chi connectivity index (χ3v) is 1.92. The monoisotopic (exact) mass is 195 g/mol. The average molecular weight is 195 g/mol. The highest BCUT2D eigenvalue weighted by atomic mass is 16.5. The molecule has 1 aromatic rings. The fraction of sp³-hybridized carbons (Fsp3) is 0.455. The van der Waals surface area contributed by atoms with Crippen molar-refractivity contribution in [1.29, 1.82) is 0 Å². The van der Waals surface area contributed by atoms with Crippen molar-refractivity contribution in [2.45, 2.75) is 13.2 Å². The summed E-state index contributed by atoms with van der Waals surface area (Å²) >= 11 is 0. The number of aliphatic hydroxyl groups excluding tert-OH is 1. The number of methoxy groups -OCH3 is 1. The molecule has 0 saturated heterocycles. The highest BCUT2D eigenvalue weighted by Crippen LogP contribution is 2.05. The number of hydrogen-bond donors (Lipinski definition) is 2. The molecular formula is C11H17NO2. The van der Waals surface area contributed by atoms with E-state index in [4.69, 9.17) is 9.84 Å². The zero-order valence-corrected chi connectivity index (χ0v) is 8.49. The van der Waals surface area contributed by atoms with Crippen LogP contribution in [0.2, 0.25) is 0 Å². The Kier molecular flexibility index (Phi) is 5.22. The van der Waals surface area contributed by atoms with Gasteiger partial charge in [-0.2, -0.15) is 0 Å². The minimum Gasteiger partial charge on any atom is -0.395 e. The van der Waals surface area contributed by atoms with E-state index in [1.54, 1.807) is 7.11 Å². The van der Waals surface area contributed by atoms with Crippen molar-refractivity contribution in [3.05, 3.63) is 35.4 Å². The van der Waals surface area contributed by atoms with Crippen molar-refractivity contribution in [3.63, 3.8) is 0 Å². The molecule has 1 aromatic carbocycles. The molecule has 0 unspecified atom stereocenters. The first kappa shape index (κ1) is 11.2. The summed E-state index contributed by atoms with van der Waals surface area (Å²) in [5, 5.41) is 11.7. The normalized spacial score (nSPS) is 10.4. The van der Waals surface area contributed by atoms with E-state index in [0.29, 0.717) is 13.2 Å². The Labute approximate surface area is 84.7 Å². The second-order valence-electron chi connectivity index (χ2n) is 3.15. The van der Waals surface area contributed by atoms with Crippen LogP contribution in [0.25, 0.3) is 0 Å². The highest BCUT2D eigenvalue weighted by molar-refractivity contribution is 5.22. The zero-order chi connectivity index (χ0) is 10.2. The van der Waals surface area contributed by atoms with Crippen LogP contribution in [0.5, 0.6) is 0 Å². The molecule has 0 saturated carbocycles. The van der Waals surface area contributed by atoms with Crippen LogP contribution < -0.4 is 5.32 Å². The van der Waals surface area contributed by atoms with Gasteiger partial charge in [-0.15, -0.1) is 0 Å². The first-order valence-electron chi connectivity index (χ1n) is 4.75.